The third kappa shape index (κ3) is 5.03. The predicted octanol–water partition coefficient (Wildman–Crippen LogP) is 4.65. The molecule has 1 amide bonds. The Morgan fingerprint density at radius 3 is 2.77 bits per heavy atom. The number of hydrazone groups is 1. The molecule has 0 radical (unpaired) electrons. The largest absolute Gasteiger partial charge is 0.294 e. The van der Waals surface area contributed by atoms with Gasteiger partial charge in [-0.2, -0.15) is 5.10 Å². The standard InChI is InChI=1S/C22H21BrClN5O/c23-15-8-9-19-17(12-15)22(16-6-2-3-7-18(16)24)27-20(26-19)13-25-28-21(30)14-29-10-4-1-5-11-29/h2-3,6-9,12-13H,1,4-5,10-11,14H2,(H,28,30)/b25-13+. The maximum atomic E-state index is 12.2. The van der Waals surface area contributed by atoms with Crippen molar-refractivity contribution in [1.82, 2.24) is 20.3 Å². The summed E-state index contributed by atoms with van der Waals surface area (Å²) in [6, 6.07) is 13.4. The lowest BCUT2D eigenvalue weighted by Gasteiger charge is -2.25. The Morgan fingerprint density at radius 2 is 1.97 bits per heavy atom. The zero-order valence-corrected chi connectivity index (χ0v) is 18.7. The van der Waals surface area contributed by atoms with E-state index < -0.39 is 0 Å². The van der Waals surface area contributed by atoms with E-state index in [-0.39, 0.29) is 5.91 Å². The van der Waals surface area contributed by atoms with Crippen LogP contribution in [0.5, 0.6) is 0 Å². The Hall–Kier alpha value is -2.35. The van der Waals surface area contributed by atoms with Crippen molar-refractivity contribution in [3.8, 4) is 11.3 Å². The molecular weight excluding hydrogens is 466 g/mol. The number of halogens is 2. The first-order chi connectivity index (χ1) is 14.6. The van der Waals surface area contributed by atoms with E-state index in [1.807, 2.05) is 42.5 Å². The summed E-state index contributed by atoms with van der Waals surface area (Å²) in [6.07, 6.45) is 4.99. The first kappa shape index (κ1) is 20.9. The average Bonchev–Trinajstić information content (AvgIpc) is 2.74. The number of carbonyl (C=O) groups is 1. The lowest BCUT2D eigenvalue weighted by Crippen LogP contribution is -2.38. The normalized spacial score (nSPS) is 15.0. The number of hydrogen-bond donors (Lipinski definition) is 1. The van der Waals surface area contributed by atoms with Crippen LogP contribution in [0.4, 0.5) is 0 Å². The molecule has 1 aromatic heterocycles. The third-order valence-corrected chi connectivity index (χ3v) is 5.81. The van der Waals surface area contributed by atoms with Crippen molar-refractivity contribution >= 4 is 50.6 Å². The molecule has 0 aliphatic carbocycles. The summed E-state index contributed by atoms with van der Waals surface area (Å²) >= 11 is 9.93. The van der Waals surface area contributed by atoms with Crippen LogP contribution in [-0.2, 0) is 4.79 Å². The first-order valence-electron chi connectivity index (χ1n) is 9.86. The fourth-order valence-corrected chi connectivity index (χ4v) is 4.14. The summed E-state index contributed by atoms with van der Waals surface area (Å²) in [5.41, 5.74) is 4.88. The van der Waals surface area contributed by atoms with Gasteiger partial charge < -0.3 is 0 Å². The van der Waals surface area contributed by atoms with Crippen LogP contribution >= 0.6 is 27.5 Å². The summed E-state index contributed by atoms with van der Waals surface area (Å²) in [4.78, 5) is 23.5. The van der Waals surface area contributed by atoms with Crippen LogP contribution in [0.2, 0.25) is 5.02 Å². The number of fused-ring (bicyclic) bond motifs is 1. The van der Waals surface area contributed by atoms with Crippen molar-refractivity contribution in [2.75, 3.05) is 19.6 Å². The Balaban J connectivity index is 1.58. The minimum atomic E-state index is -0.135. The van der Waals surface area contributed by atoms with Crippen molar-refractivity contribution in [2.24, 2.45) is 5.10 Å². The van der Waals surface area contributed by atoms with E-state index in [1.165, 1.54) is 12.6 Å². The summed E-state index contributed by atoms with van der Waals surface area (Å²) in [6.45, 7) is 2.28. The van der Waals surface area contributed by atoms with Crippen molar-refractivity contribution in [2.45, 2.75) is 19.3 Å². The molecule has 30 heavy (non-hydrogen) atoms. The number of benzene rings is 2. The second kappa shape index (κ2) is 9.64. The summed E-state index contributed by atoms with van der Waals surface area (Å²) in [5, 5.41) is 5.56. The van der Waals surface area contributed by atoms with Gasteiger partial charge in [-0.05, 0) is 50.2 Å². The third-order valence-electron chi connectivity index (χ3n) is 4.99. The molecule has 2 heterocycles. The molecule has 8 heteroatoms. The average molecular weight is 487 g/mol. The molecule has 0 unspecified atom stereocenters. The zero-order chi connectivity index (χ0) is 20.9. The summed E-state index contributed by atoms with van der Waals surface area (Å²) in [5.74, 6) is 0.266. The maximum absolute atomic E-state index is 12.2. The van der Waals surface area contributed by atoms with Gasteiger partial charge in [-0.3, -0.25) is 9.69 Å². The van der Waals surface area contributed by atoms with Crippen molar-refractivity contribution < 1.29 is 4.79 Å². The van der Waals surface area contributed by atoms with E-state index in [9.17, 15) is 4.79 Å². The van der Waals surface area contributed by atoms with Gasteiger partial charge >= 0.3 is 0 Å². The molecule has 0 saturated carbocycles. The molecule has 3 aromatic rings. The van der Waals surface area contributed by atoms with Gasteiger partial charge in [0.05, 0.1) is 24.0 Å². The van der Waals surface area contributed by atoms with Crippen LogP contribution in [0.1, 0.15) is 25.1 Å². The van der Waals surface area contributed by atoms with Crippen molar-refractivity contribution in [3.05, 3.63) is 57.8 Å². The Bertz CT molecular complexity index is 1100. The number of likely N-dealkylation sites (tertiary alicyclic amines) is 1. The smallest absolute Gasteiger partial charge is 0.254 e. The molecular formula is C22H21BrClN5O. The number of nitrogens with zero attached hydrogens (tertiary/aromatic N) is 4. The monoisotopic (exact) mass is 485 g/mol. The van der Waals surface area contributed by atoms with E-state index in [4.69, 9.17) is 11.6 Å². The van der Waals surface area contributed by atoms with Crippen LogP contribution < -0.4 is 5.43 Å². The molecule has 1 N–H and O–H groups in total. The number of carbonyl (C=O) groups excluding carboxylic acids is 1. The second-order valence-corrected chi connectivity index (χ2v) is 8.52. The molecule has 6 nitrogen and oxygen atoms in total. The maximum Gasteiger partial charge on any atom is 0.254 e. The van der Waals surface area contributed by atoms with Crippen LogP contribution in [0.15, 0.2) is 52.0 Å². The predicted molar refractivity (Wildman–Crippen MR) is 124 cm³/mol. The Labute approximate surface area is 188 Å². The fourth-order valence-electron chi connectivity index (χ4n) is 3.55. The molecule has 0 spiro atoms. The van der Waals surface area contributed by atoms with Gasteiger partial charge in [-0.25, -0.2) is 15.4 Å². The number of hydrogen-bond acceptors (Lipinski definition) is 5. The highest BCUT2D eigenvalue weighted by Gasteiger charge is 2.14. The lowest BCUT2D eigenvalue weighted by molar-refractivity contribution is -0.122. The van der Waals surface area contributed by atoms with Crippen LogP contribution in [0, 0.1) is 0 Å². The topological polar surface area (TPSA) is 70.5 Å². The highest BCUT2D eigenvalue weighted by Crippen LogP contribution is 2.32. The number of nitrogens with one attached hydrogen (secondary N) is 1. The Kier molecular flexibility index (Phi) is 6.72. The molecule has 0 bridgehead atoms. The van der Waals surface area contributed by atoms with E-state index in [2.05, 4.69) is 41.3 Å². The summed E-state index contributed by atoms with van der Waals surface area (Å²) < 4.78 is 0.929. The highest BCUT2D eigenvalue weighted by molar-refractivity contribution is 9.10. The van der Waals surface area contributed by atoms with Crippen LogP contribution in [0.25, 0.3) is 22.2 Å². The molecule has 1 fully saturated rings. The quantitative estimate of drug-likeness (QED) is 0.421. The van der Waals surface area contributed by atoms with Crippen LogP contribution in [0.3, 0.4) is 0 Å². The van der Waals surface area contributed by atoms with Crippen LogP contribution in [-0.4, -0.2) is 46.6 Å². The lowest BCUT2D eigenvalue weighted by atomic mass is 10.1. The van der Waals surface area contributed by atoms with Gasteiger partial charge in [0, 0.05) is 20.4 Å². The molecule has 1 aliphatic heterocycles. The van der Waals surface area contributed by atoms with E-state index >= 15 is 0 Å². The fraction of sp³-hybridized carbons (Fsp3) is 0.273. The molecule has 1 saturated heterocycles. The minimum Gasteiger partial charge on any atom is -0.294 e. The number of amides is 1. The molecule has 154 valence electrons. The van der Waals surface area contributed by atoms with E-state index in [1.54, 1.807) is 0 Å². The highest BCUT2D eigenvalue weighted by atomic mass is 79.9. The Morgan fingerprint density at radius 1 is 1.17 bits per heavy atom. The first-order valence-corrected chi connectivity index (χ1v) is 11.0. The van der Waals surface area contributed by atoms with Gasteiger partial charge in [-0.15, -0.1) is 0 Å². The number of piperidine rings is 1. The van der Waals surface area contributed by atoms with Gasteiger partial charge in [0.2, 0.25) is 0 Å². The number of aromatic nitrogens is 2. The zero-order valence-electron chi connectivity index (χ0n) is 16.3. The SMILES string of the molecule is O=C(CN1CCCCC1)N/N=C/c1nc(-c2ccccc2Cl)c2cc(Br)ccc2n1. The minimum absolute atomic E-state index is 0.135. The van der Waals surface area contributed by atoms with Crippen molar-refractivity contribution in [3.63, 3.8) is 0 Å². The van der Waals surface area contributed by atoms with E-state index in [0.29, 0.717) is 23.1 Å². The van der Waals surface area contributed by atoms with Gasteiger partial charge in [0.15, 0.2) is 5.82 Å². The van der Waals surface area contributed by atoms with E-state index in [0.717, 1.165) is 46.9 Å². The van der Waals surface area contributed by atoms with Crippen molar-refractivity contribution in [1.29, 1.82) is 0 Å². The molecule has 0 atom stereocenters. The van der Waals surface area contributed by atoms with Gasteiger partial charge in [0.1, 0.15) is 0 Å². The molecule has 2 aromatic carbocycles. The molecule has 4 rings (SSSR count). The van der Waals surface area contributed by atoms with Gasteiger partial charge in [0.25, 0.3) is 5.91 Å². The molecule has 1 aliphatic rings. The number of rotatable bonds is 5. The van der Waals surface area contributed by atoms with Gasteiger partial charge in [-0.1, -0.05) is 52.2 Å². The second-order valence-electron chi connectivity index (χ2n) is 7.20. The summed E-state index contributed by atoms with van der Waals surface area (Å²) in [7, 11) is 0.